The van der Waals surface area contributed by atoms with E-state index < -0.39 is 10.0 Å². The quantitative estimate of drug-likeness (QED) is 0.750. The average Bonchev–Trinajstić information content (AvgIpc) is 2.75. The fraction of sp³-hybridized carbons (Fsp3) is 0.692. The molecule has 7 heteroatoms. The van der Waals surface area contributed by atoms with Gasteiger partial charge in [-0.3, -0.25) is 0 Å². The van der Waals surface area contributed by atoms with E-state index in [0.29, 0.717) is 34.2 Å². The van der Waals surface area contributed by atoms with E-state index in [9.17, 15) is 8.42 Å². The molecule has 1 rings (SSSR count). The average molecular weight is 383 g/mol. The van der Waals surface area contributed by atoms with Gasteiger partial charge in [0.1, 0.15) is 4.90 Å². The molecule has 0 amide bonds. The molecule has 1 aromatic rings. The van der Waals surface area contributed by atoms with Crippen LogP contribution in [0.2, 0.25) is 0 Å². The van der Waals surface area contributed by atoms with Crippen LogP contribution >= 0.6 is 27.3 Å². The van der Waals surface area contributed by atoms with E-state index in [1.54, 1.807) is 10.4 Å². The Kier molecular flexibility index (Phi) is 7.14. The molecule has 0 radical (unpaired) electrons. The van der Waals surface area contributed by atoms with Gasteiger partial charge in [0.15, 0.2) is 0 Å². The van der Waals surface area contributed by atoms with Gasteiger partial charge in [0.25, 0.3) is 0 Å². The maximum Gasteiger partial charge on any atom is 0.245 e. The maximum absolute atomic E-state index is 12.7. The van der Waals surface area contributed by atoms with Crippen molar-refractivity contribution < 1.29 is 8.42 Å². The molecule has 1 heterocycles. The number of nitrogens with one attached hydrogen (secondary N) is 1. The summed E-state index contributed by atoms with van der Waals surface area (Å²) in [6.07, 6.45) is 0. The summed E-state index contributed by atoms with van der Waals surface area (Å²) in [6.45, 7) is 10.6. The van der Waals surface area contributed by atoms with E-state index in [4.69, 9.17) is 0 Å². The van der Waals surface area contributed by atoms with Gasteiger partial charge in [0.2, 0.25) is 10.0 Å². The molecule has 0 unspecified atom stereocenters. The molecular formula is C13H23BrN2O2S2. The van der Waals surface area contributed by atoms with Crippen LogP contribution in [0.1, 0.15) is 32.6 Å². The van der Waals surface area contributed by atoms with E-state index in [-0.39, 0.29) is 0 Å². The molecule has 0 aliphatic rings. The molecule has 116 valence electrons. The fourth-order valence-corrected chi connectivity index (χ4v) is 6.07. The molecule has 0 aliphatic heterocycles. The fourth-order valence-electron chi connectivity index (χ4n) is 1.85. The first-order chi connectivity index (χ1) is 9.32. The molecule has 1 N–H and O–H groups in total. The first kappa shape index (κ1) is 18.1. The zero-order valence-electron chi connectivity index (χ0n) is 12.4. The molecule has 0 saturated carbocycles. The Hall–Kier alpha value is 0.0500. The molecule has 0 atom stereocenters. The lowest BCUT2D eigenvalue weighted by Gasteiger charge is -2.22. The number of hydrogen-bond donors (Lipinski definition) is 1. The Morgan fingerprint density at radius 1 is 1.40 bits per heavy atom. The normalized spacial score (nSPS) is 12.6. The van der Waals surface area contributed by atoms with Crippen molar-refractivity contribution in [1.29, 1.82) is 0 Å². The van der Waals surface area contributed by atoms with Gasteiger partial charge in [-0.25, -0.2) is 8.42 Å². The highest BCUT2D eigenvalue weighted by Gasteiger charge is 2.27. The Balaban J connectivity index is 3.04. The molecule has 1 aromatic heterocycles. The minimum absolute atomic E-state index is 0.309. The maximum atomic E-state index is 12.7. The van der Waals surface area contributed by atoms with Crippen LogP contribution in [0.5, 0.6) is 0 Å². The van der Waals surface area contributed by atoms with Crippen LogP contribution in [-0.4, -0.2) is 32.4 Å². The third-order valence-corrected chi connectivity index (χ3v) is 6.99. The first-order valence-corrected chi connectivity index (χ1v) is 9.86. The molecule has 0 aromatic carbocycles. The zero-order chi connectivity index (χ0) is 15.3. The highest BCUT2D eigenvalue weighted by Crippen LogP contribution is 2.33. The summed E-state index contributed by atoms with van der Waals surface area (Å²) in [4.78, 5) is 1.41. The molecule has 0 aliphatic carbocycles. The third kappa shape index (κ3) is 4.53. The lowest BCUT2D eigenvalue weighted by molar-refractivity contribution is 0.381. The van der Waals surface area contributed by atoms with Crippen LogP contribution in [0.15, 0.2) is 14.7 Å². The van der Waals surface area contributed by atoms with Crippen LogP contribution in [0.4, 0.5) is 0 Å². The Bertz CT molecular complexity index is 526. The van der Waals surface area contributed by atoms with E-state index in [2.05, 4.69) is 21.2 Å². The third-order valence-electron chi connectivity index (χ3n) is 2.80. The van der Waals surface area contributed by atoms with Crippen molar-refractivity contribution in [3.05, 3.63) is 14.7 Å². The summed E-state index contributed by atoms with van der Waals surface area (Å²) in [6, 6.07) is 1.77. The highest BCUT2D eigenvalue weighted by atomic mass is 79.9. The van der Waals surface area contributed by atoms with Gasteiger partial charge >= 0.3 is 0 Å². The second kappa shape index (κ2) is 7.89. The Morgan fingerprint density at radius 3 is 2.55 bits per heavy atom. The predicted molar refractivity (Wildman–Crippen MR) is 88.7 cm³/mol. The van der Waals surface area contributed by atoms with E-state index in [1.807, 2.05) is 27.7 Å². The molecular weight excluding hydrogens is 360 g/mol. The van der Waals surface area contributed by atoms with Crippen molar-refractivity contribution in [1.82, 2.24) is 9.62 Å². The standard InChI is InChI=1S/C13H23BrN2O2S2/c1-5-15-8-11-7-12(13(14)19-11)20(17,18)16(6-2)9-10(3)4/h7,10,15H,5-6,8-9H2,1-4H3. The van der Waals surface area contributed by atoms with Crippen LogP contribution in [-0.2, 0) is 16.6 Å². The number of halogens is 1. The second-order valence-electron chi connectivity index (χ2n) is 4.98. The molecule has 0 spiro atoms. The van der Waals surface area contributed by atoms with Crippen molar-refractivity contribution >= 4 is 37.3 Å². The largest absolute Gasteiger partial charge is 0.312 e. The molecule has 0 fully saturated rings. The van der Waals surface area contributed by atoms with Crippen LogP contribution in [0.25, 0.3) is 0 Å². The lowest BCUT2D eigenvalue weighted by atomic mass is 10.2. The van der Waals surface area contributed by atoms with Crippen molar-refractivity contribution in [2.75, 3.05) is 19.6 Å². The van der Waals surface area contributed by atoms with Crippen molar-refractivity contribution in [3.8, 4) is 0 Å². The number of rotatable bonds is 8. The number of hydrogen-bond acceptors (Lipinski definition) is 4. The van der Waals surface area contributed by atoms with E-state index in [1.165, 1.54) is 11.3 Å². The zero-order valence-corrected chi connectivity index (χ0v) is 15.7. The molecule has 20 heavy (non-hydrogen) atoms. The number of nitrogens with zero attached hydrogens (tertiary/aromatic N) is 1. The van der Waals surface area contributed by atoms with Crippen molar-refractivity contribution in [3.63, 3.8) is 0 Å². The van der Waals surface area contributed by atoms with Crippen LogP contribution < -0.4 is 5.32 Å². The highest BCUT2D eigenvalue weighted by molar-refractivity contribution is 9.11. The summed E-state index contributed by atoms with van der Waals surface area (Å²) >= 11 is 4.87. The van der Waals surface area contributed by atoms with Crippen LogP contribution in [0, 0.1) is 5.92 Å². The second-order valence-corrected chi connectivity index (χ2v) is 9.34. The Labute approximate surface area is 134 Å². The molecule has 0 saturated heterocycles. The predicted octanol–water partition coefficient (Wildman–Crippen LogP) is 3.29. The van der Waals surface area contributed by atoms with Crippen LogP contribution in [0.3, 0.4) is 0 Å². The van der Waals surface area contributed by atoms with E-state index >= 15 is 0 Å². The summed E-state index contributed by atoms with van der Waals surface area (Å²) in [5.74, 6) is 0.309. The van der Waals surface area contributed by atoms with E-state index in [0.717, 1.165) is 11.4 Å². The van der Waals surface area contributed by atoms with Gasteiger partial charge in [-0.2, -0.15) is 4.31 Å². The Morgan fingerprint density at radius 2 is 2.05 bits per heavy atom. The van der Waals surface area contributed by atoms with Gasteiger partial charge in [0, 0.05) is 24.5 Å². The topological polar surface area (TPSA) is 49.4 Å². The first-order valence-electron chi connectivity index (χ1n) is 6.81. The monoisotopic (exact) mass is 382 g/mol. The minimum atomic E-state index is -3.41. The van der Waals surface area contributed by atoms with Gasteiger partial charge < -0.3 is 5.32 Å². The van der Waals surface area contributed by atoms with Gasteiger partial charge in [-0.15, -0.1) is 11.3 Å². The summed E-state index contributed by atoms with van der Waals surface area (Å²) in [7, 11) is -3.41. The number of thiophene rings is 1. The summed E-state index contributed by atoms with van der Waals surface area (Å²) < 4.78 is 27.6. The SMILES string of the molecule is CCNCc1cc(S(=O)(=O)N(CC)CC(C)C)c(Br)s1. The van der Waals surface area contributed by atoms with Gasteiger partial charge in [0.05, 0.1) is 3.79 Å². The van der Waals surface area contributed by atoms with Gasteiger partial charge in [-0.05, 0) is 34.5 Å². The van der Waals surface area contributed by atoms with Crippen molar-refractivity contribution in [2.24, 2.45) is 5.92 Å². The summed E-state index contributed by atoms with van der Waals surface area (Å²) in [5.41, 5.74) is 0. The smallest absolute Gasteiger partial charge is 0.245 e. The van der Waals surface area contributed by atoms with Crippen molar-refractivity contribution in [2.45, 2.75) is 39.1 Å². The summed E-state index contributed by atoms with van der Waals surface area (Å²) in [5, 5.41) is 3.21. The molecule has 0 bridgehead atoms. The molecule has 4 nitrogen and oxygen atoms in total. The lowest BCUT2D eigenvalue weighted by Crippen LogP contribution is -2.34. The number of sulfonamides is 1. The minimum Gasteiger partial charge on any atom is -0.312 e. The van der Waals surface area contributed by atoms with Gasteiger partial charge in [-0.1, -0.05) is 27.7 Å².